The molecular weight excluding hydrogens is 252 g/mol. The maximum Gasteiger partial charge on any atom is 0.303 e. The predicted molar refractivity (Wildman–Crippen MR) is 81.0 cm³/mol. The number of carbonyl (C=O) groups is 1. The minimum Gasteiger partial charge on any atom is -0.459 e. The van der Waals surface area contributed by atoms with Crippen LogP contribution in [0.5, 0.6) is 0 Å². The summed E-state index contributed by atoms with van der Waals surface area (Å²) >= 11 is 0. The van der Waals surface area contributed by atoms with Crippen LogP contribution >= 0.6 is 0 Å². The van der Waals surface area contributed by atoms with E-state index in [-0.39, 0.29) is 17.1 Å². The van der Waals surface area contributed by atoms with Crippen LogP contribution in [0.4, 0.5) is 0 Å². The molecule has 1 heterocycles. The number of ether oxygens (including phenoxy) is 1. The monoisotopic (exact) mass is 274 g/mol. The lowest BCUT2D eigenvalue weighted by atomic mass is 10.2. The first-order valence-electron chi connectivity index (χ1n) is 6.77. The summed E-state index contributed by atoms with van der Waals surface area (Å²) in [6.45, 7) is 8.38. The molecule has 1 aromatic rings. The molecule has 0 aliphatic carbocycles. The predicted octanol–water partition coefficient (Wildman–Crippen LogP) is 3.18. The summed E-state index contributed by atoms with van der Waals surface area (Å²) in [6.07, 6.45) is 2.04. The van der Waals surface area contributed by atoms with Crippen LogP contribution in [0.3, 0.4) is 0 Å². The molecule has 0 aromatic heterocycles. The molecule has 0 unspecified atom stereocenters. The molecule has 0 saturated carbocycles. The molecule has 0 amide bonds. The van der Waals surface area contributed by atoms with Gasteiger partial charge in [-0.25, -0.2) is 0 Å². The Morgan fingerprint density at radius 1 is 1.26 bits per heavy atom. The second-order valence-electron chi connectivity index (χ2n) is 6.30. The zero-order valence-electron chi connectivity index (χ0n) is 12.1. The van der Waals surface area contributed by atoms with Gasteiger partial charge in [-0.1, -0.05) is 68.1 Å². The maximum atomic E-state index is 11.2. The van der Waals surface area contributed by atoms with Crippen molar-refractivity contribution in [1.29, 1.82) is 0 Å². The van der Waals surface area contributed by atoms with Crippen LogP contribution in [-0.4, -0.2) is 20.1 Å². The van der Waals surface area contributed by atoms with Crippen LogP contribution in [0, 0.1) is 0 Å². The first-order valence-corrected chi connectivity index (χ1v) is 9.06. The van der Waals surface area contributed by atoms with E-state index in [2.05, 4.69) is 62.9 Å². The van der Waals surface area contributed by atoms with Crippen LogP contribution in [0.15, 0.2) is 42.1 Å². The van der Waals surface area contributed by atoms with Crippen LogP contribution in [0.2, 0.25) is 11.1 Å². The highest BCUT2D eigenvalue weighted by Crippen LogP contribution is 2.43. The van der Waals surface area contributed by atoms with Gasteiger partial charge in [0.25, 0.3) is 0 Å². The molecule has 1 aromatic carbocycles. The number of hydrogen-bond acceptors (Lipinski definition) is 2. The minimum absolute atomic E-state index is 0.0522. The fourth-order valence-corrected chi connectivity index (χ4v) is 7.69. The van der Waals surface area contributed by atoms with Crippen molar-refractivity contribution in [3.8, 4) is 0 Å². The molecule has 3 heteroatoms. The lowest BCUT2D eigenvalue weighted by Gasteiger charge is -2.39. The van der Waals surface area contributed by atoms with Crippen LogP contribution in [0.1, 0.15) is 27.7 Å². The van der Waals surface area contributed by atoms with Crippen LogP contribution in [0.25, 0.3) is 0 Å². The van der Waals surface area contributed by atoms with E-state index in [0.717, 1.165) is 6.04 Å². The van der Waals surface area contributed by atoms with E-state index in [1.807, 2.05) is 0 Å². The summed E-state index contributed by atoms with van der Waals surface area (Å²) in [5.41, 5.74) is 2.36. The normalized spacial score (nSPS) is 26.4. The zero-order valence-corrected chi connectivity index (χ0v) is 13.1. The topological polar surface area (TPSA) is 26.3 Å². The van der Waals surface area contributed by atoms with Gasteiger partial charge in [-0.2, -0.15) is 0 Å². The van der Waals surface area contributed by atoms with Gasteiger partial charge < -0.3 is 4.74 Å². The Hall–Kier alpha value is -1.35. The van der Waals surface area contributed by atoms with E-state index in [4.69, 9.17) is 4.74 Å². The first-order chi connectivity index (χ1) is 8.85. The fourth-order valence-electron chi connectivity index (χ4n) is 2.96. The third kappa shape index (κ3) is 2.66. The molecule has 2 atom stereocenters. The van der Waals surface area contributed by atoms with Crippen molar-refractivity contribution in [2.45, 2.75) is 44.9 Å². The average molecular weight is 274 g/mol. The van der Waals surface area contributed by atoms with Crippen molar-refractivity contribution < 1.29 is 9.53 Å². The lowest BCUT2D eigenvalue weighted by molar-refractivity contribution is -0.143. The number of carbonyl (C=O) groups excluding carboxylic acids is 1. The number of hydrogen-bond donors (Lipinski definition) is 0. The largest absolute Gasteiger partial charge is 0.459 e. The highest BCUT2D eigenvalue weighted by Gasteiger charge is 2.48. The molecule has 0 fully saturated rings. The van der Waals surface area contributed by atoms with E-state index in [0.29, 0.717) is 0 Å². The summed E-state index contributed by atoms with van der Waals surface area (Å²) in [5, 5.41) is 1.63. The van der Waals surface area contributed by atoms with Crippen molar-refractivity contribution in [3.05, 3.63) is 42.1 Å². The SMILES string of the molecule is CC(=O)O[C@@H]1C=C[Si@](c2ccccc2)(C(C)(C)C)C1. The van der Waals surface area contributed by atoms with E-state index >= 15 is 0 Å². The second kappa shape index (κ2) is 4.97. The Bertz CT molecular complexity index is 487. The van der Waals surface area contributed by atoms with E-state index in [9.17, 15) is 4.79 Å². The van der Waals surface area contributed by atoms with E-state index in [1.165, 1.54) is 12.1 Å². The standard InChI is InChI=1S/C16H22O2Si/c1-13(17)18-14-10-11-19(12-14,16(2,3)4)15-8-6-5-7-9-15/h5-11,14H,12H2,1-4H3/t14-,19+/m1/s1. The Kier molecular flexibility index (Phi) is 3.68. The number of benzene rings is 1. The smallest absolute Gasteiger partial charge is 0.303 e. The summed E-state index contributed by atoms with van der Waals surface area (Å²) < 4.78 is 5.39. The van der Waals surface area contributed by atoms with Gasteiger partial charge in [0, 0.05) is 6.92 Å². The number of esters is 1. The Balaban J connectivity index is 2.36. The molecule has 0 N–H and O–H groups in total. The van der Waals surface area contributed by atoms with Crippen molar-refractivity contribution in [2.24, 2.45) is 0 Å². The molecule has 19 heavy (non-hydrogen) atoms. The van der Waals surface area contributed by atoms with Gasteiger partial charge in [0.05, 0.1) is 0 Å². The van der Waals surface area contributed by atoms with Gasteiger partial charge in [0.15, 0.2) is 0 Å². The molecular formula is C16H22O2Si. The van der Waals surface area contributed by atoms with Crippen molar-refractivity contribution in [3.63, 3.8) is 0 Å². The first kappa shape index (κ1) is 14.1. The highest BCUT2D eigenvalue weighted by molar-refractivity contribution is 6.98. The Morgan fingerprint density at radius 2 is 1.89 bits per heavy atom. The lowest BCUT2D eigenvalue weighted by Crippen LogP contribution is -2.53. The highest BCUT2D eigenvalue weighted by atomic mass is 28.3. The minimum atomic E-state index is -1.80. The maximum absolute atomic E-state index is 11.2. The van der Waals surface area contributed by atoms with Gasteiger partial charge >= 0.3 is 5.97 Å². The Labute approximate surface area is 116 Å². The third-order valence-corrected chi connectivity index (χ3v) is 9.91. The third-order valence-electron chi connectivity index (χ3n) is 4.06. The quantitative estimate of drug-likeness (QED) is 0.611. The summed E-state index contributed by atoms with van der Waals surface area (Å²) in [7, 11) is -1.80. The van der Waals surface area contributed by atoms with Crippen LogP contribution in [-0.2, 0) is 9.53 Å². The molecule has 1 aliphatic heterocycles. The van der Waals surface area contributed by atoms with Gasteiger partial charge in [-0.05, 0) is 11.1 Å². The summed E-state index contributed by atoms with van der Waals surface area (Å²) in [4.78, 5) is 11.2. The van der Waals surface area contributed by atoms with Gasteiger partial charge in [-0.15, -0.1) is 0 Å². The molecule has 0 saturated heterocycles. The zero-order chi connectivity index (χ0) is 14.1. The average Bonchev–Trinajstić information content (AvgIpc) is 2.74. The van der Waals surface area contributed by atoms with E-state index in [1.54, 1.807) is 0 Å². The molecule has 102 valence electrons. The molecule has 0 radical (unpaired) electrons. The van der Waals surface area contributed by atoms with Crippen LogP contribution < -0.4 is 5.19 Å². The van der Waals surface area contributed by atoms with Crippen molar-refractivity contribution >= 4 is 19.2 Å². The molecule has 0 spiro atoms. The Morgan fingerprint density at radius 3 is 2.42 bits per heavy atom. The van der Waals surface area contributed by atoms with Gasteiger partial charge in [-0.3, -0.25) is 4.79 Å². The molecule has 1 aliphatic rings. The van der Waals surface area contributed by atoms with Gasteiger partial charge in [0.2, 0.25) is 0 Å². The molecule has 2 rings (SSSR count). The summed E-state index contributed by atoms with van der Waals surface area (Å²) in [5.74, 6) is -0.193. The van der Waals surface area contributed by atoms with E-state index < -0.39 is 8.07 Å². The fraction of sp³-hybridized carbons (Fsp3) is 0.438. The molecule has 0 bridgehead atoms. The number of rotatable bonds is 2. The second-order valence-corrected chi connectivity index (χ2v) is 11.1. The van der Waals surface area contributed by atoms with Crippen molar-refractivity contribution in [1.82, 2.24) is 0 Å². The molecule has 2 nitrogen and oxygen atoms in total. The summed E-state index contributed by atoms with van der Waals surface area (Å²) in [6, 6.07) is 11.7. The van der Waals surface area contributed by atoms with Gasteiger partial charge in [0.1, 0.15) is 14.2 Å². The van der Waals surface area contributed by atoms with Crippen molar-refractivity contribution in [2.75, 3.05) is 0 Å².